The third-order valence-corrected chi connectivity index (χ3v) is 5.10. The number of fused-ring (bicyclic) bond motifs is 1. The van der Waals surface area contributed by atoms with E-state index in [0.717, 1.165) is 49.0 Å². The highest BCUT2D eigenvalue weighted by atomic mass is 35.5. The maximum Gasteiger partial charge on any atom is 0.280 e. The van der Waals surface area contributed by atoms with E-state index in [0.29, 0.717) is 16.7 Å². The average Bonchev–Trinajstić information content (AvgIpc) is 2.89. The number of halogens is 1. The van der Waals surface area contributed by atoms with E-state index in [2.05, 4.69) is 10.2 Å². The molecule has 0 bridgehead atoms. The molecule has 7 heteroatoms. The number of nitrogens with zero attached hydrogens (tertiary/aromatic N) is 5. The Balaban J connectivity index is 1.77. The highest BCUT2D eigenvalue weighted by Gasteiger charge is 2.27. The van der Waals surface area contributed by atoms with Crippen molar-refractivity contribution in [1.29, 1.82) is 0 Å². The first-order valence-corrected chi connectivity index (χ1v) is 9.46. The molecule has 4 rings (SSSR count). The van der Waals surface area contributed by atoms with Crippen LogP contribution >= 0.6 is 11.6 Å². The molecule has 0 saturated carbocycles. The first-order chi connectivity index (χ1) is 13.1. The lowest BCUT2D eigenvalue weighted by Gasteiger charge is -2.15. The molecule has 1 aromatic carbocycles. The van der Waals surface area contributed by atoms with Gasteiger partial charge in [-0.25, -0.2) is 4.68 Å². The zero-order valence-electron chi connectivity index (χ0n) is 15.1. The lowest BCUT2D eigenvalue weighted by Crippen LogP contribution is -2.28. The minimum atomic E-state index is -0.181. The fourth-order valence-electron chi connectivity index (χ4n) is 3.48. The van der Waals surface area contributed by atoms with Crippen molar-refractivity contribution in [3.8, 4) is 5.69 Å². The minimum absolute atomic E-state index is 0.181. The van der Waals surface area contributed by atoms with Crippen molar-refractivity contribution >= 4 is 23.3 Å². The van der Waals surface area contributed by atoms with Crippen LogP contribution in [0.5, 0.6) is 0 Å². The van der Waals surface area contributed by atoms with Gasteiger partial charge in [-0.3, -0.25) is 9.69 Å². The maximum atomic E-state index is 13.2. The quantitative estimate of drug-likeness (QED) is 0.646. The molecular weight excluding hydrogens is 362 g/mol. The molecule has 2 heterocycles. The van der Waals surface area contributed by atoms with Crippen molar-refractivity contribution in [2.24, 2.45) is 0 Å². The van der Waals surface area contributed by atoms with Crippen molar-refractivity contribution in [2.45, 2.75) is 32.1 Å². The Morgan fingerprint density at radius 1 is 1.04 bits per heavy atom. The monoisotopic (exact) mass is 381 g/mol. The van der Waals surface area contributed by atoms with Gasteiger partial charge in [0.2, 0.25) is 0 Å². The molecule has 0 spiro atoms. The van der Waals surface area contributed by atoms with E-state index in [4.69, 9.17) is 16.7 Å². The smallest absolute Gasteiger partial charge is 0.280 e. The largest absolute Gasteiger partial charge is 0.293 e. The summed E-state index contributed by atoms with van der Waals surface area (Å²) in [4.78, 5) is 14.7. The summed E-state index contributed by atoms with van der Waals surface area (Å²) < 4.78 is 1.93. The number of anilines is 1. The van der Waals surface area contributed by atoms with Gasteiger partial charge in [0.1, 0.15) is 0 Å². The van der Waals surface area contributed by atoms with Gasteiger partial charge in [0.15, 0.2) is 16.7 Å². The van der Waals surface area contributed by atoms with Crippen LogP contribution in [0.1, 0.15) is 41.0 Å². The number of rotatable bonds is 3. The summed E-state index contributed by atoms with van der Waals surface area (Å²) in [6.07, 6.45) is 5.13. The van der Waals surface area contributed by atoms with E-state index in [9.17, 15) is 4.79 Å². The molecule has 0 radical (unpaired) electrons. The first-order valence-electron chi connectivity index (χ1n) is 9.08. The number of carbonyl (C=O) groups excluding carboxylic acids is 1. The van der Waals surface area contributed by atoms with Crippen LogP contribution < -0.4 is 4.90 Å². The van der Waals surface area contributed by atoms with Gasteiger partial charge in [-0.1, -0.05) is 36.2 Å². The lowest BCUT2D eigenvalue weighted by molar-refractivity contribution is 0.0986. The Labute approximate surface area is 162 Å². The third-order valence-electron chi connectivity index (χ3n) is 4.90. The Hall–Kier alpha value is -2.73. The molecular formula is C20H20ClN5O. The average molecular weight is 382 g/mol. The van der Waals surface area contributed by atoms with Crippen LogP contribution in [-0.4, -0.2) is 32.9 Å². The Morgan fingerprint density at radius 2 is 1.81 bits per heavy atom. The predicted octanol–water partition coefficient (Wildman–Crippen LogP) is 3.86. The zero-order chi connectivity index (χ0) is 18.8. The topological polar surface area (TPSA) is 63.9 Å². The lowest BCUT2D eigenvalue weighted by atomic mass is 10.1. The van der Waals surface area contributed by atoms with Gasteiger partial charge >= 0.3 is 0 Å². The highest BCUT2D eigenvalue weighted by molar-refractivity contribution is 6.29. The van der Waals surface area contributed by atoms with Gasteiger partial charge in [-0.05, 0) is 49.9 Å². The van der Waals surface area contributed by atoms with Crippen LogP contribution in [-0.2, 0) is 12.8 Å². The van der Waals surface area contributed by atoms with Crippen molar-refractivity contribution in [2.75, 3.05) is 11.9 Å². The van der Waals surface area contributed by atoms with Crippen molar-refractivity contribution in [3.63, 3.8) is 0 Å². The second kappa shape index (κ2) is 7.48. The number of amides is 1. The summed E-state index contributed by atoms with van der Waals surface area (Å²) in [7, 11) is 1.69. The zero-order valence-corrected chi connectivity index (χ0v) is 15.9. The molecule has 1 aliphatic rings. The summed E-state index contributed by atoms with van der Waals surface area (Å²) in [5, 5.41) is 12.8. The van der Waals surface area contributed by atoms with Crippen LogP contribution in [0.2, 0.25) is 5.15 Å². The van der Waals surface area contributed by atoms with Gasteiger partial charge in [0.05, 0.1) is 5.69 Å². The molecule has 0 atom stereocenters. The number of hydrogen-bond donors (Lipinski definition) is 0. The molecule has 0 N–H and O–H groups in total. The molecule has 1 amide bonds. The minimum Gasteiger partial charge on any atom is -0.293 e. The van der Waals surface area contributed by atoms with E-state index in [1.54, 1.807) is 19.2 Å². The summed E-state index contributed by atoms with van der Waals surface area (Å²) >= 11 is 5.80. The van der Waals surface area contributed by atoms with E-state index in [-0.39, 0.29) is 5.91 Å². The normalized spacial score (nSPS) is 13.7. The van der Waals surface area contributed by atoms with Gasteiger partial charge in [0.25, 0.3) is 5.91 Å². The number of carbonyl (C=O) groups is 1. The molecule has 2 aromatic heterocycles. The second-order valence-corrected chi connectivity index (χ2v) is 7.05. The Morgan fingerprint density at radius 3 is 2.56 bits per heavy atom. The number of benzene rings is 1. The number of para-hydroxylation sites is 1. The molecule has 0 fully saturated rings. The van der Waals surface area contributed by atoms with Crippen LogP contribution in [0.3, 0.4) is 0 Å². The summed E-state index contributed by atoms with van der Waals surface area (Å²) in [5.74, 6) is 0.264. The van der Waals surface area contributed by atoms with E-state index in [1.807, 2.05) is 35.0 Å². The molecule has 0 saturated heterocycles. The molecule has 27 heavy (non-hydrogen) atoms. The number of aromatic nitrogens is 4. The van der Waals surface area contributed by atoms with Crippen LogP contribution in [0, 0.1) is 0 Å². The van der Waals surface area contributed by atoms with Gasteiger partial charge in [-0.2, -0.15) is 5.10 Å². The predicted molar refractivity (Wildman–Crippen MR) is 105 cm³/mol. The van der Waals surface area contributed by atoms with Crippen molar-refractivity contribution in [3.05, 3.63) is 64.6 Å². The highest BCUT2D eigenvalue weighted by Crippen LogP contribution is 2.27. The van der Waals surface area contributed by atoms with E-state index in [1.165, 1.54) is 4.90 Å². The summed E-state index contributed by atoms with van der Waals surface area (Å²) in [5.41, 5.74) is 3.66. The van der Waals surface area contributed by atoms with E-state index >= 15 is 0 Å². The Bertz CT molecular complexity index is 953. The fraction of sp³-hybridized carbons (Fsp3) is 0.300. The SMILES string of the molecule is CN(C(=O)c1nn(-c2ccccc2)c2c1CCCCC2)c1ccc(Cl)nn1. The number of hydrogen-bond acceptors (Lipinski definition) is 4. The fourth-order valence-corrected chi connectivity index (χ4v) is 3.58. The molecule has 3 aromatic rings. The standard InChI is InChI=1S/C20H20ClN5O/c1-25(18-13-12-17(21)22-23-18)20(27)19-15-10-6-3-7-11-16(15)26(24-19)14-8-4-2-5-9-14/h2,4-5,8-9,12-13H,3,6-7,10-11H2,1H3. The molecule has 0 aliphatic heterocycles. The Kier molecular flexibility index (Phi) is 4.90. The van der Waals surface area contributed by atoms with Gasteiger partial charge in [0, 0.05) is 18.3 Å². The van der Waals surface area contributed by atoms with Gasteiger partial charge in [-0.15, -0.1) is 10.2 Å². The first kappa shape index (κ1) is 17.7. The molecule has 138 valence electrons. The molecule has 1 aliphatic carbocycles. The van der Waals surface area contributed by atoms with Crippen molar-refractivity contribution < 1.29 is 4.79 Å². The van der Waals surface area contributed by atoms with Crippen LogP contribution in [0.4, 0.5) is 5.82 Å². The summed E-state index contributed by atoms with van der Waals surface area (Å²) in [6, 6.07) is 13.3. The van der Waals surface area contributed by atoms with Crippen LogP contribution in [0.25, 0.3) is 5.69 Å². The molecule has 6 nitrogen and oxygen atoms in total. The molecule has 0 unspecified atom stereocenters. The van der Waals surface area contributed by atoms with Gasteiger partial charge < -0.3 is 0 Å². The third kappa shape index (κ3) is 3.45. The summed E-state index contributed by atoms with van der Waals surface area (Å²) in [6.45, 7) is 0. The van der Waals surface area contributed by atoms with Crippen molar-refractivity contribution in [1.82, 2.24) is 20.0 Å². The maximum absolute atomic E-state index is 13.2. The van der Waals surface area contributed by atoms with E-state index < -0.39 is 0 Å². The van der Waals surface area contributed by atoms with Crippen LogP contribution in [0.15, 0.2) is 42.5 Å². The second-order valence-electron chi connectivity index (χ2n) is 6.66.